The van der Waals surface area contributed by atoms with Gasteiger partial charge in [-0.3, -0.25) is 0 Å². The number of hydrogen-bond donors (Lipinski definition) is 2. The van der Waals surface area contributed by atoms with Crippen LogP contribution in [0.15, 0.2) is 121 Å². The molecule has 0 aliphatic carbocycles. The van der Waals surface area contributed by atoms with E-state index >= 15 is 0 Å². The first-order valence-electron chi connectivity index (χ1n) is 19.2. The zero-order chi connectivity index (χ0) is 39.4. The summed E-state index contributed by atoms with van der Waals surface area (Å²) in [6, 6.07) is 39.1. The molecule has 11 atom stereocenters. The first-order chi connectivity index (χ1) is 28.0. The monoisotopic (exact) mass is 808 g/mol. The van der Waals surface area contributed by atoms with Gasteiger partial charge in [0.05, 0.1) is 52.2 Å². The Balaban J connectivity index is 0.00000567. The van der Waals surface area contributed by atoms with E-state index in [4.69, 9.17) is 42.6 Å². The molecule has 304 valence electrons. The molecule has 0 radical (unpaired) electrons. The third-order valence-electron chi connectivity index (χ3n) is 10.4. The standard InChI is InChI=1S/C44H50O13.Na/c45-21-33-36(48)38(53-27-35(46)47)40-43(56-33)42(55-28-54-40)44-41(52-25-32-19-11-4-12-20-32)39(51-24-31-17-9-3-10-18-31)37(50-23-30-15-7-2-8-16-30)34(57-44)26-49-22-29-13-5-1-6-14-29;/h1-20,33-34,36-45,48H,21-28H2,(H,46,47);/q;+1/p-1/t33-,34-,36+,37-,38+,39+,40-,41+,42+,43-,44+;/m1./s1. The number of carbonyl (C=O) groups is 1. The van der Waals surface area contributed by atoms with Crippen LogP contribution in [0.25, 0.3) is 0 Å². The van der Waals surface area contributed by atoms with Crippen molar-refractivity contribution < 1.29 is 92.3 Å². The van der Waals surface area contributed by atoms with Gasteiger partial charge in [0, 0.05) is 0 Å². The summed E-state index contributed by atoms with van der Waals surface area (Å²) in [4.78, 5) is 11.5. The molecule has 3 saturated heterocycles. The van der Waals surface area contributed by atoms with Gasteiger partial charge in [-0.25, -0.2) is 0 Å². The molecule has 0 unspecified atom stereocenters. The summed E-state index contributed by atoms with van der Waals surface area (Å²) in [5, 5.41) is 32.9. The average molecular weight is 809 g/mol. The normalized spacial score (nSPS) is 29.5. The molecule has 14 heteroatoms. The number of hydrogen-bond acceptors (Lipinski definition) is 13. The summed E-state index contributed by atoms with van der Waals surface area (Å²) in [6.45, 7) is -0.579. The Morgan fingerprint density at radius 2 is 1.03 bits per heavy atom. The van der Waals surface area contributed by atoms with Crippen LogP contribution in [-0.2, 0) is 73.9 Å². The second kappa shape index (κ2) is 22.5. The molecule has 0 saturated carbocycles. The van der Waals surface area contributed by atoms with Gasteiger partial charge in [0.15, 0.2) is 0 Å². The number of ether oxygens (including phenoxy) is 9. The van der Waals surface area contributed by atoms with Crippen LogP contribution in [0.3, 0.4) is 0 Å². The maximum absolute atomic E-state index is 11.5. The molecule has 4 aromatic rings. The van der Waals surface area contributed by atoms with E-state index in [0.29, 0.717) is 6.61 Å². The van der Waals surface area contributed by atoms with Gasteiger partial charge in [-0.15, -0.1) is 0 Å². The molecule has 3 aliphatic heterocycles. The topological polar surface area (TPSA) is 164 Å². The largest absolute Gasteiger partial charge is 1.00 e. The van der Waals surface area contributed by atoms with Crippen molar-refractivity contribution in [3.8, 4) is 0 Å². The Morgan fingerprint density at radius 3 is 1.55 bits per heavy atom. The van der Waals surface area contributed by atoms with Gasteiger partial charge in [-0.1, -0.05) is 121 Å². The van der Waals surface area contributed by atoms with Gasteiger partial charge in [-0.2, -0.15) is 0 Å². The van der Waals surface area contributed by atoms with Crippen molar-refractivity contribution in [3.63, 3.8) is 0 Å². The molecule has 4 aromatic carbocycles. The van der Waals surface area contributed by atoms with Crippen molar-refractivity contribution in [3.05, 3.63) is 144 Å². The molecule has 7 rings (SSSR count). The Morgan fingerprint density at radius 1 is 0.569 bits per heavy atom. The van der Waals surface area contributed by atoms with E-state index in [1.165, 1.54) is 0 Å². The molecular weight excluding hydrogens is 759 g/mol. The second-order valence-corrected chi connectivity index (χ2v) is 14.3. The van der Waals surface area contributed by atoms with Crippen LogP contribution in [0.4, 0.5) is 0 Å². The summed E-state index contributed by atoms with van der Waals surface area (Å²) >= 11 is 0. The molecule has 0 spiro atoms. The number of fused-ring (bicyclic) bond motifs is 1. The van der Waals surface area contributed by atoms with Crippen molar-refractivity contribution in [2.24, 2.45) is 0 Å². The molecule has 0 aromatic heterocycles. The van der Waals surface area contributed by atoms with E-state index in [1.54, 1.807) is 0 Å². The molecule has 58 heavy (non-hydrogen) atoms. The number of benzene rings is 4. The summed E-state index contributed by atoms with van der Waals surface area (Å²) in [5.74, 6) is -1.47. The molecular formula is C44H49NaO13. The minimum absolute atomic E-state index is 0. The first kappa shape index (κ1) is 44.5. The third-order valence-corrected chi connectivity index (χ3v) is 10.4. The van der Waals surface area contributed by atoms with E-state index in [0.717, 1.165) is 22.3 Å². The molecule has 3 aliphatic rings. The van der Waals surface area contributed by atoms with Gasteiger partial charge in [-0.05, 0) is 22.3 Å². The molecule has 3 fully saturated rings. The smallest absolute Gasteiger partial charge is 0.548 e. The fourth-order valence-corrected chi connectivity index (χ4v) is 7.58. The zero-order valence-electron chi connectivity index (χ0n) is 32.4. The zero-order valence-corrected chi connectivity index (χ0v) is 34.4. The summed E-state index contributed by atoms with van der Waals surface area (Å²) in [5.41, 5.74) is 3.78. The predicted octanol–water partition coefficient (Wildman–Crippen LogP) is -0.272. The molecule has 2 N–H and O–H groups in total. The van der Waals surface area contributed by atoms with E-state index in [-0.39, 0.29) is 62.8 Å². The van der Waals surface area contributed by atoms with Gasteiger partial charge in [0.25, 0.3) is 0 Å². The van der Waals surface area contributed by atoms with Crippen molar-refractivity contribution >= 4 is 5.97 Å². The van der Waals surface area contributed by atoms with Crippen molar-refractivity contribution in [1.82, 2.24) is 0 Å². The average Bonchev–Trinajstić information content (AvgIpc) is 3.25. The van der Waals surface area contributed by atoms with Crippen LogP contribution in [0.5, 0.6) is 0 Å². The Bertz CT molecular complexity index is 1780. The Labute approximate surface area is 360 Å². The SMILES string of the molecule is O=C([O-])CO[C@H]1[C@@H](O)[C@@H](CO)O[C@H]2[C@@H]([C@H]3O[C@H](COCc4ccccc4)[C@@H](OCc4ccccc4)[C@H](OCc4ccccc4)[C@@H]3OCc3ccccc3)OCO[C@@H]21.[Na+]. The van der Waals surface area contributed by atoms with Crippen molar-refractivity contribution in [1.29, 1.82) is 0 Å². The number of aliphatic hydroxyl groups is 2. The fraction of sp³-hybridized carbons (Fsp3) is 0.432. The minimum Gasteiger partial charge on any atom is -0.548 e. The number of aliphatic carboxylic acids is 1. The van der Waals surface area contributed by atoms with Gasteiger partial charge < -0.3 is 62.7 Å². The predicted molar refractivity (Wildman–Crippen MR) is 201 cm³/mol. The maximum atomic E-state index is 11.5. The van der Waals surface area contributed by atoms with Crippen LogP contribution < -0.4 is 34.7 Å². The van der Waals surface area contributed by atoms with E-state index in [1.807, 2.05) is 121 Å². The Kier molecular flexibility index (Phi) is 17.2. The summed E-state index contributed by atoms with van der Waals surface area (Å²) in [6.07, 6.45) is -10.7. The third kappa shape index (κ3) is 11.6. The molecule has 3 heterocycles. The van der Waals surface area contributed by atoms with E-state index < -0.39 is 86.3 Å². The van der Waals surface area contributed by atoms with Crippen molar-refractivity contribution in [2.75, 3.05) is 26.6 Å². The Hall–Kier alpha value is -3.09. The number of carboxylic acid groups (broad SMARTS) is 1. The molecule has 0 bridgehead atoms. The minimum atomic E-state index is -1.47. The maximum Gasteiger partial charge on any atom is 1.00 e. The number of aliphatic hydroxyl groups excluding tert-OH is 2. The second-order valence-electron chi connectivity index (χ2n) is 14.3. The van der Waals surface area contributed by atoms with Crippen LogP contribution in [0.2, 0.25) is 0 Å². The fourth-order valence-electron chi connectivity index (χ4n) is 7.58. The first-order valence-corrected chi connectivity index (χ1v) is 19.2. The number of rotatable bonds is 18. The van der Waals surface area contributed by atoms with E-state index in [9.17, 15) is 20.1 Å². The summed E-state index contributed by atoms with van der Waals surface area (Å²) < 4.78 is 58.1. The van der Waals surface area contributed by atoms with Crippen molar-refractivity contribution in [2.45, 2.75) is 93.6 Å². The van der Waals surface area contributed by atoms with Gasteiger partial charge in [0.1, 0.15) is 73.9 Å². The van der Waals surface area contributed by atoms with Crippen LogP contribution in [0, 0.1) is 0 Å². The number of carbonyl (C=O) groups excluding carboxylic acids is 1. The molecule has 13 nitrogen and oxygen atoms in total. The van der Waals surface area contributed by atoms with Crippen LogP contribution in [0.1, 0.15) is 22.3 Å². The molecule has 0 amide bonds. The van der Waals surface area contributed by atoms with Gasteiger partial charge >= 0.3 is 29.6 Å². The quantitative estimate of drug-likeness (QED) is 0.127. The van der Waals surface area contributed by atoms with E-state index in [2.05, 4.69) is 0 Å². The van der Waals surface area contributed by atoms with Crippen LogP contribution in [-0.4, -0.2) is 110 Å². The van der Waals surface area contributed by atoms with Gasteiger partial charge in [0.2, 0.25) is 0 Å². The van der Waals surface area contributed by atoms with Crippen LogP contribution >= 0.6 is 0 Å². The number of carboxylic acids is 1. The summed E-state index contributed by atoms with van der Waals surface area (Å²) in [7, 11) is 0.